The number of nitrogens with one attached hydrogen (secondary N) is 3. The molecule has 0 bridgehead atoms. The highest BCUT2D eigenvalue weighted by molar-refractivity contribution is 5.93. The second-order valence-corrected chi connectivity index (χ2v) is 8.34. The van der Waals surface area contributed by atoms with E-state index >= 15 is 0 Å². The Balaban J connectivity index is 1.75. The van der Waals surface area contributed by atoms with Crippen LogP contribution in [0.1, 0.15) is 31.9 Å². The lowest BCUT2D eigenvalue weighted by molar-refractivity contribution is -0.0901. The molecule has 10 heteroatoms. The highest BCUT2D eigenvalue weighted by Crippen LogP contribution is 2.32. The molecule has 1 aliphatic rings. The highest BCUT2D eigenvalue weighted by atomic mass is 19.4. The van der Waals surface area contributed by atoms with Gasteiger partial charge in [0, 0.05) is 44.7 Å². The molecule has 0 spiro atoms. The number of alkyl halides is 3. The minimum Gasteiger partial charge on any atom is -0.396 e. The normalized spacial score (nSPS) is 16.6. The molecule has 1 aromatic heterocycles. The van der Waals surface area contributed by atoms with E-state index in [2.05, 4.69) is 30.8 Å². The summed E-state index contributed by atoms with van der Waals surface area (Å²) in [4.78, 5) is 10.6. The lowest BCUT2D eigenvalue weighted by Gasteiger charge is -2.29. The van der Waals surface area contributed by atoms with Gasteiger partial charge in [0.15, 0.2) is 0 Å². The Labute approximate surface area is 209 Å². The van der Waals surface area contributed by atoms with Crippen LogP contribution in [0.15, 0.2) is 77.2 Å². The third kappa shape index (κ3) is 7.82. The van der Waals surface area contributed by atoms with Crippen molar-refractivity contribution in [2.75, 3.05) is 43.0 Å². The first-order valence-corrected chi connectivity index (χ1v) is 11.9. The van der Waals surface area contributed by atoms with Crippen LogP contribution < -0.4 is 20.9 Å². The van der Waals surface area contributed by atoms with Gasteiger partial charge >= 0.3 is 6.18 Å². The van der Waals surface area contributed by atoms with Crippen LogP contribution in [-0.2, 0) is 0 Å². The van der Waals surface area contributed by atoms with Gasteiger partial charge in [0.1, 0.15) is 11.7 Å². The molecule has 0 radical (unpaired) electrons. The predicted octanol–water partition coefficient (Wildman–Crippen LogP) is 4.38. The second kappa shape index (κ2) is 13.1. The van der Waals surface area contributed by atoms with Gasteiger partial charge in [-0.05, 0) is 38.0 Å². The number of nitrogens with zero attached hydrogens (tertiary/aromatic N) is 3. The standard InChI is InChI=1S/C26H33F3N6O/c1-3-23(34-24(11-16-36)20-7-5-4-6-8-20)22(26(27,28)29)18-31-19(2)33-25-10-9-21(17-32-25)35-14-12-30-13-15-35/h3-10,17-18,24,30,34,36H,11-16H2,1-2H3,(H,31,32,33)/b22-18+,23-3+. The molecule has 0 aliphatic carbocycles. The number of piperazine rings is 1. The van der Waals surface area contributed by atoms with Crippen LogP contribution in [0, 0.1) is 0 Å². The number of allylic oxidation sites excluding steroid dienone is 2. The quantitative estimate of drug-likeness (QED) is 0.231. The fourth-order valence-electron chi connectivity index (χ4n) is 3.89. The molecule has 1 unspecified atom stereocenters. The van der Waals surface area contributed by atoms with Crippen molar-refractivity contribution in [3.8, 4) is 0 Å². The molecule has 7 nitrogen and oxygen atoms in total. The average Bonchev–Trinajstić information content (AvgIpc) is 2.88. The van der Waals surface area contributed by atoms with E-state index in [1.54, 1.807) is 31.3 Å². The molecule has 0 saturated carbocycles. The molecule has 36 heavy (non-hydrogen) atoms. The SMILES string of the molecule is C\C=C(NC(CCO)c1ccccc1)/C(=C\N=C(/C)Nc1ccc(N2CCNCC2)cn1)C(F)(F)F. The predicted molar refractivity (Wildman–Crippen MR) is 138 cm³/mol. The van der Waals surface area contributed by atoms with E-state index in [0.717, 1.165) is 43.6 Å². The molecule has 4 N–H and O–H groups in total. The Morgan fingerprint density at radius 2 is 1.92 bits per heavy atom. The molecule has 2 aromatic rings. The molecule has 0 amide bonds. The number of aromatic nitrogens is 1. The number of amidine groups is 1. The fourth-order valence-corrected chi connectivity index (χ4v) is 3.89. The summed E-state index contributed by atoms with van der Waals surface area (Å²) in [5.74, 6) is 0.762. The number of benzene rings is 1. The van der Waals surface area contributed by atoms with Crippen molar-refractivity contribution in [2.45, 2.75) is 32.5 Å². The van der Waals surface area contributed by atoms with Gasteiger partial charge in [-0.3, -0.25) is 0 Å². The molecule has 1 saturated heterocycles. The molecule has 1 aliphatic heterocycles. The van der Waals surface area contributed by atoms with Gasteiger partial charge in [-0.1, -0.05) is 36.4 Å². The van der Waals surface area contributed by atoms with Crippen LogP contribution in [0.25, 0.3) is 0 Å². The van der Waals surface area contributed by atoms with Crippen LogP contribution in [-0.4, -0.2) is 54.9 Å². The number of aliphatic hydroxyl groups excluding tert-OH is 1. The summed E-state index contributed by atoms with van der Waals surface area (Å²) in [7, 11) is 0. The van der Waals surface area contributed by atoms with Crippen molar-refractivity contribution >= 4 is 17.3 Å². The van der Waals surface area contributed by atoms with Crippen LogP contribution in [0.5, 0.6) is 0 Å². The summed E-state index contributed by atoms with van der Waals surface area (Å²) >= 11 is 0. The summed E-state index contributed by atoms with van der Waals surface area (Å²) < 4.78 is 42.0. The minimum absolute atomic E-state index is 0.111. The molecule has 194 valence electrons. The van der Waals surface area contributed by atoms with Gasteiger partial charge in [0.05, 0.1) is 23.5 Å². The molecule has 2 heterocycles. The van der Waals surface area contributed by atoms with Crippen molar-refractivity contribution in [2.24, 2.45) is 4.99 Å². The molecule has 1 atom stereocenters. The number of hydrogen-bond acceptors (Lipinski definition) is 6. The molecule has 1 fully saturated rings. The van der Waals surface area contributed by atoms with Crippen molar-refractivity contribution in [3.05, 3.63) is 77.8 Å². The van der Waals surface area contributed by atoms with E-state index in [0.29, 0.717) is 5.82 Å². The number of anilines is 2. The second-order valence-electron chi connectivity index (χ2n) is 8.34. The zero-order valence-electron chi connectivity index (χ0n) is 20.5. The summed E-state index contributed by atoms with van der Waals surface area (Å²) in [5, 5.41) is 18.6. The van der Waals surface area contributed by atoms with Crippen LogP contribution in [0.2, 0.25) is 0 Å². The first-order valence-electron chi connectivity index (χ1n) is 11.9. The summed E-state index contributed by atoms with van der Waals surface area (Å²) in [6, 6.07) is 12.3. The Kier molecular flexibility index (Phi) is 9.89. The summed E-state index contributed by atoms with van der Waals surface area (Å²) in [6.07, 6.45) is -0.471. The smallest absolute Gasteiger partial charge is 0.396 e. The van der Waals surface area contributed by atoms with Crippen molar-refractivity contribution in [1.29, 1.82) is 0 Å². The third-order valence-corrected chi connectivity index (χ3v) is 5.76. The number of aliphatic hydroxyl groups is 1. The van der Waals surface area contributed by atoms with E-state index in [1.165, 1.54) is 13.0 Å². The number of rotatable bonds is 9. The number of halogens is 3. The average molecular weight is 503 g/mol. The topological polar surface area (TPSA) is 84.8 Å². The van der Waals surface area contributed by atoms with Crippen molar-refractivity contribution in [3.63, 3.8) is 0 Å². The van der Waals surface area contributed by atoms with Crippen molar-refractivity contribution in [1.82, 2.24) is 15.6 Å². The monoisotopic (exact) mass is 502 g/mol. The summed E-state index contributed by atoms with van der Waals surface area (Å²) in [5.41, 5.74) is 0.756. The Bertz CT molecular complexity index is 1050. The van der Waals surface area contributed by atoms with Crippen molar-refractivity contribution < 1.29 is 18.3 Å². The number of hydrogen-bond donors (Lipinski definition) is 4. The fraction of sp³-hybridized carbons (Fsp3) is 0.385. The van der Waals surface area contributed by atoms with Gasteiger partial charge in [-0.2, -0.15) is 13.2 Å². The van der Waals surface area contributed by atoms with Crippen LogP contribution in [0.3, 0.4) is 0 Å². The Hall–Kier alpha value is -3.37. The first-order chi connectivity index (χ1) is 17.3. The van der Waals surface area contributed by atoms with Gasteiger partial charge in [0.25, 0.3) is 0 Å². The highest BCUT2D eigenvalue weighted by Gasteiger charge is 2.36. The summed E-state index contributed by atoms with van der Waals surface area (Å²) in [6.45, 7) is 6.55. The largest absolute Gasteiger partial charge is 0.419 e. The molecular weight excluding hydrogens is 469 g/mol. The van der Waals surface area contributed by atoms with Gasteiger partial charge in [-0.25, -0.2) is 9.98 Å². The van der Waals surface area contributed by atoms with E-state index in [-0.39, 0.29) is 24.6 Å². The Morgan fingerprint density at radius 3 is 2.50 bits per heavy atom. The van der Waals surface area contributed by atoms with Gasteiger partial charge in [-0.15, -0.1) is 0 Å². The maximum Gasteiger partial charge on any atom is 0.419 e. The zero-order chi connectivity index (χ0) is 26.0. The van der Waals surface area contributed by atoms with Crippen LogP contribution in [0.4, 0.5) is 24.7 Å². The van der Waals surface area contributed by atoms with Gasteiger partial charge < -0.3 is 26.0 Å². The molecule has 1 aromatic carbocycles. The lowest BCUT2D eigenvalue weighted by Crippen LogP contribution is -2.43. The Morgan fingerprint density at radius 1 is 1.19 bits per heavy atom. The third-order valence-electron chi connectivity index (χ3n) is 5.76. The van der Waals surface area contributed by atoms with E-state index < -0.39 is 17.8 Å². The molecular formula is C26H33F3N6O. The first kappa shape index (κ1) is 27.2. The van der Waals surface area contributed by atoms with E-state index in [1.807, 2.05) is 24.3 Å². The van der Waals surface area contributed by atoms with E-state index in [4.69, 9.17) is 0 Å². The minimum atomic E-state index is -4.64. The maximum atomic E-state index is 14.0. The lowest BCUT2D eigenvalue weighted by atomic mass is 10.0. The van der Waals surface area contributed by atoms with Gasteiger partial charge in [0.2, 0.25) is 0 Å². The number of pyridine rings is 1. The molecule has 3 rings (SSSR count). The zero-order valence-corrected chi connectivity index (χ0v) is 20.5. The van der Waals surface area contributed by atoms with Crippen LogP contribution >= 0.6 is 0 Å². The van der Waals surface area contributed by atoms with E-state index in [9.17, 15) is 18.3 Å². The maximum absolute atomic E-state index is 14.0. The number of aliphatic imine (C=N–C) groups is 1.